The molecule has 0 saturated carbocycles. The first-order valence-electron chi connectivity index (χ1n) is 8.92. The monoisotopic (exact) mass is 338 g/mol. The van der Waals surface area contributed by atoms with E-state index in [1.807, 2.05) is 31.3 Å². The van der Waals surface area contributed by atoms with Crippen LogP contribution in [0.4, 0.5) is 0 Å². The van der Waals surface area contributed by atoms with Gasteiger partial charge in [0.05, 0.1) is 17.9 Å². The minimum absolute atomic E-state index is 0.0602. The zero-order valence-electron chi connectivity index (χ0n) is 14.7. The normalized spacial score (nSPS) is 19.3. The van der Waals surface area contributed by atoms with Gasteiger partial charge in [-0.2, -0.15) is 0 Å². The first-order chi connectivity index (χ1) is 12.2. The Morgan fingerprint density at radius 2 is 2.28 bits per heavy atom. The molecule has 5 heteroatoms. The van der Waals surface area contributed by atoms with Crippen molar-refractivity contribution in [3.05, 3.63) is 55.0 Å². The molecule has 2 heterocycles. The second-order valence-corrected chi connectivity index (χ2v) is 6.59. The van der Waals surface area contributed by atoms with Crippen LogP contribution in [0.3, 0.4) is 0 Å². The van der Waals surface area contributed by atoms with E-state index in [1.165, 1.54) is 0 Å². The number of carbonyl (C=O) groups is 1. The zero-order valence-corrected chi connectivity index (χ0v) is 14.7. The molecule has 0 spiro atoms. The van der Waals surface area contributed by atoms with Crippen LogP contribution in [0.2, 0.25) is 0 Å². The topological polar surface area (TPSA) is 61.0 Å². The lowest BCUT2D eigenvalue weighted by molar-refractivity contribution is -0.126. The van der Waals surface area contributed by atoms with Crippen molar-refractivity contribution in [1.29, 1.82) is 0 Å². The van der Waals surface area contributed by atoms with Crippen LogP contribution in [0.25, 0.3) is 11.3 Å². The van der Waals surface area contributed by atoms with Gasteiger partial charge in [-0.25, -0.2) is 4.98 Å². The van der Waals surface area contributed by atoms with E-state index in [9.17, 15) is 4.79 Å². The predicted molar refractivity (Wildman–Crippen MR) is 100 cm³/mol. The lowest BCUT2D eigenvalue weighted by Crippen LogP contribution is -2.48. The molecule has 1 aliphatic rings. The molecule has 1 amide bonds. The molecule has 1 fully saturated rings. The van der Waals surface area contributed by atoms with Gasteiger partial charge in [0.2, 0.25) is 5.91 Å². The lowest BCUT2D eigenvalue weighted by Gasteiger charge is -2.35. The maximum atomic E-state index is 12.2. The van der Waals surface area contributed by atoms with Crippen LogP contribution < -0.4 is 5.32 Å². The average Bonchev–Trinajstić information content (AvgIpc) is 3.16. The number of aromatic nitrogens is 2. The molecule has 2 unspecified atom stereocenters. The van der Waals surface area contributed by atoms with Gasteiger partial charge in [-0.3, -0.25) is 9.69 Å². The van der Waals surface area contributed by atoms with Crippen LogP contribution in [-0.2, 0) is 4.79 Å². The first-order valence-corrected chi connectivity index (χ1v) is 8.92. The fraction of sp³-hybridized carbons (Fsp3) is 0.400. The van der Waals surface area contributed by atoms with Gasteiger partial charge >= 0.3 is 0 Å². The lowest BCUT2D eigenvalue weighted by atomic mass is 9.96. The quantitative estimate of drug-likeness (QED) is 0.796. The summed E-state index contributed by atoms with van der Waals surface area (Å²) < 4.78 is 0. The van der Waals surface area contributed by atoms with Crippen molar-refractivity contribution in [2.75, 3.05) is 19.6 Å². The number of benzene rings is 1. The highest BCUT2D eigenvalue weighted by atomic mass is 16.2. The smallest absolute Gasteiger partial charge is 0.237 e. The van der Waals surface area contributed by atoms with E-state index in [0.717, 1.165) is 43.0 Å². The average molecular weight is 338 g/mol. The number of aromatic amines is 1. The summed E-state index contributed by atoms with van der Waals surface area (Å²) in [5, 5.41) is 2.89. The number of likely N-dealkylation sites (tertiary alicyclic amines) is 1. The van der Waals surface area contributed by atoms with E-state index in [1.54, 1.807) is 6.08 Å². The van der Waals surface area contributed by atoms with Gasteiger partial charge in [0, 0.05) is 19.0 Å². The molecule has 2 N–H and O–H groups in total. The Morgan fingerprint density at radius 1 is 1.48 bits per heavy atom. The number of H-pyrrole nitrogens is 1. The molecule has 1 aromatic heterocycles. The maximum absolute atomic E-state index is 12.2. The van der Waals surface area contributed by atoms with Crippen LogP contribution >= 0.6 is 0 Å². The third kappa shape index (κ3) is 4.17. The Balaban J connectivity index is 1.66. The fourth-order valence-electron chi connectivity index (χ4n) is 3.38. The Labute approximate surface area is 149 Å². The molecule has 25 heavy (non-hydrogen) atoms. The minimum Gasteiger partial charge on any atom is -0.351 e. The highest BCUT2D eigenvalue weighted by Crippen LogP contribution is 2.28. The summed E-state index contributed by atoms with van der Waals surface area (Å²) in [6.07, 6.45) is 5.78. The van der Waals surface area contributed by atoms with Crippen molar-refractivity contribution in [3.8, 4) is 11.3 Å². The summed E-state index contributed by atoms with van der Waals surface area (Å²) in [6, 6.07) is 10.1. The van der Waals surface area contributed by atoms with Gasteiger partial charge in [-0.15, -0.1) is 6.58 Å². The van der Waals surface area contributed by atoms with E-state index >= 15 is 0 Å². The molecular formula is C20H26N4O. The summed E-state index contributed by atoms with van der Waals surface area (Å²) >= 11 is 0. The molecule has 1 aromatic carbocycles. The summed E-state index contributed by atoms with van der Waals surface area (Å²) in [6.45, 7) is 7.93. The molecule has 0 radical (unpaired) electrons. The summed E-state index contributed by atoms with van der Waals surface area (Å²) in [5.41, 5.74) is 2.19. The standard InChI is InChI=1S/C20H26N4O/c1-3-11-21-20(25)15(2)24-12-7-10-17(14-24)19-22-13-18(23-19)16-8-5-4-6-9-16/h3-6,8-9,13,15,17H,1,7,10-12,14H2,2H3,(H,21,25)(H,22,23). The molecule has 132 valence electrons. The highest BCUT2D eigenvalue weighted by molar-refractivity contribution is 5.81. The van der Waals surface area contributed by atoms with Crippen LogP contribution in [0.5, 0.6) is 0 Å². The third-order valence-electron chi connectivity index (χ3n) is 4.87. The van der Waals surface area contributed by atoms with E-state index in [-0.39, 0.29) is 11.9 Å². The molecule has 3 rings (SSSR count). The van der Waals surface area contributed by atoms with Gasteiger partial charge in [-0.05, 0) is 31.9 Å². The Kier molecular flexibility index (Phi) is 5.66. The van der Waals surface area contributed by atoms with Gasteiger partial charge < -0.3 is 10.3 Å². The largest absolute Gasteiger partial charge is 0.351 e. The number of rotatable bonds is 6. The predicted octanol–water partition coefficient (Wildman–Crippen LogP) is 2.95. The minimum atomic E-state index is -0.133. The van der Waals surface area contributed by atoms with Crippen molar-refractivity contribution >= 4 is 5.91 Å². The molecule has 2 atom stereocenters. The van der Waals surface area contributed by atoms with E-state index in [2.05, 4.69) is 38.9 Å². The number of amides is 1. The third-order valence-corrected chi connectivity index (χ3v) is 4.87. The van der Waals surface area contributed by atoms with Crippen molar-refractivity contribution in [3.63, 3.8) is 0 Å². The number of hydrogen-bond acceptors (Lipinski definition) is 3. The van der Waals surface area contributed by atoms with Crippen molar-refractivity contribution in [1.82, 2.24) is 20.2 Å². The zero-order chi connectivity index (χ0) is 17.6. The SMILES string of the molecule is C=CCNC(=O)C(C)N1CCCC(c2ncc(-c3ccccc3)[nH]2)C1. The molecule has 0 aliphatic carbocycles. The number of hydrogen-bond donors (Lipinski definition) is 2. The summed E-state index contributed by atoms with van der Waals surface area (Å²) in [4.78, 5) is 22.5. The Hall–Kier alpha value is -2.40. The summed E-state index contributed by atoms with van der Waals surface area (Å²) in [7, 11) is 0. The van der Waals surface area contributed by atoms with Gasteiger partial charge in [-0.1, -0.05) is 36.4 Å². The molecule has 1 aliphatic heterocycles. The van der Waals surface area contributed by atoms with Gasteiger partial charge in [0.25, 0.3) is 0 Å². The van der Waals surface area contributed by atoms with Crippen LogP contribution in [0.1, 0.15) is 31.5 Å². The van der Waals surface area contributed by atoms with Crippen LogP contribution in [0, 0.1) is 0 Å². The number of nitrogens with zero attached hydrogens (tertiary/aromatic N) is 2. The molecular weight excluding hydrogens is 312 g/mol. The van der Waals surface area contributed by atoms with Crippen molar-refractivity contribution < 1.29 is 4.79 Å². The van der Waals surface area contributed by atoms with E-state index < -0.39 is 0 Å². The van der Waals surface area contributed by atoms with E-state index in [0.29, 0.717) is 12.5 Å². The van der Waals surface area contributed by atoms with Gasteiger partial charge in [0.1, 0.15) is 5.82 Å². The second kappa shape index (κ2) is 8.12. The second-order valence-electron chi connectivity index (χ2n) is 6.59. The number of carbonyl (C=O) groups excluding carboxylic acids is 1. The molecule has 5 nitrogen and oxygen atoms in total. The fourth-order valence-corrected chi connectivity index (χ4v) is 3.38. The van der Waals surface area contributed by atoms with Crippen LogP contribution in [-0.4, -0.2) is 46.5 Å². The number of piperidine rings is 1. The molecule has 2 aromatic rings. The van der Waals surface area contributed by atoms with Gasteiger partial charge in [0.15, 0.2) is 0 Å². The van der Waals surface area contributed by atoms with Crippen LogP contribution in [0.15, 0.2) is 49.2 Å². The van der Waals surface area contributed by atoms with E-state index in [4.69, 9.17) is 0 Å². The van der Waals surface area contributed by atoms with Crippen molar-refractivity contribution in [2.45, 2.75) is 31.7 Å². The molecule has 1 saturated heterocycles. The number of imidazole rings is 1. The summed E-state index contributed by atoms with van der Waals surface area (Å²) in [5.74, 6) is 1.41. The van der Waals surface area contributed by atoms with Crippen molar-refractivity contribution in [2.24, 2.45) is 0 Å². The highest BCUT2D eigenvalue weighted by Gasteiger charge is 2.29. The first kappa shape index (κ1) is 17.4. The Bertz CT molecular complexity index is 709. The Morgan fingerprint density at radius 3 is 3.04 bits per heavy atom. The number of nitrogens with one attached hydrogen (secondary N) is 2. The maximum Gasteiger partial charge on any atom is 0.237 e. The molecule has 0 bridgehead atoms.